The van der Waals surface area contributed by atoms with Crippen LogP contribution in [0, 0.1) is 16.0 Å². The number of hydrogen-bond donors (Lipinski definition) is 2. The molecule has 0 heterocycles. The fourth-order valence-electron chi connectivity index (χ4n) is 2.31. The van der Waals surface area contributed by atoms with E-state index in [1.165, 1.54) is 12.1 Å². The average molecular weight is 455 g/mol. The molecule has 2 amide bonds. The van der Waals surface area contributed by atoms with E-state index in [-0.39, 0.29) is 28.1 Å². The number of hydrogen-bond acceptors (Lipinski definition) is 4. The monoisotopic (exact) mass is 453 g/mol. The second-order valence-electron chi connectivity index (χ2n) is 6.11. The van der Waals surface area contributed by atoms with Gasteiger partial charge in [-0.2, -0.15) is 0 Å². The lowest BCUT2D eigenvalue weighted by molar-refractivity contribution is -0.384. The minimum absolute atomic E-state index is 0.0578. The summed E-state index contributed by atoms with van der Waals surface area (Å²) >= 11 is 9.30. The first kappa shape index (κ1) is 20.9. The average Bonchev–Trinajstić information content (AvgIpc) is 2.60. The number of amides is 2. The topological polar surface area (TPSA) is 101 Å². The molecule has 0 saturated carbocycles. The van der Waals surface area contributed by atoms with Crippen LogP contribution in [0.2, 0.25) is 5.02 Å². The van der Waals surface area contributed by atoms with Gasteiger partial charge in [-0.3, -0.25) is 19.7 Å². The van der Waals surface area contributed by atoms with Crippen molar-refractivity contribution in [2.24, 2.45) is 5.92 Å². The largest absolute Gasteiger partial charge is 0.340 e. The molecule has 9 heteroatoms. The van der Waals surface area contributed by atoms with Gasteiger partial charge in [-0.1, -0.05) is 41.4 Å². The molecule has 0 aliphatic carbocycles. The van der Waals surface area contributed by atoms with Crippen LogP contribution in [0.1, 0.15) is 24.2 Å². The molecule has 27 heavy (non-hydrogen) atoms. The lowest BCUT2D eigenvalue weighted by atomic mass is 10.0. The van der Waals surface area contributed by atoms with Crippen LogP contribution in [0.5, 0.6) is 0 Å². The van der Waals surface area contributed by atoms with Gasteiger partial charge < -0.3 is 10.6 Å². The molecule has 0 aliphatic rings. The summed E-state index contributed by atoms with van der Waals surface area (Å²) in [6, 6.07) is 9.77. The number of rotatable bonds is 6. The molecule has 0 bridgehead atoms. The maximum Gasteiger partial charge on any atom is 0.270 e. The molecule has 1 unspecified atom stereocenters. The molecule has 2 aromatic rings. The minimum atomic E-state index is -0.813. The van der Waals surface area contributed by atoms with Gasteiger partial charge in [-0.05, 0) is 36.2 Å². The number of anilines is 1. The maximum absolute atomic E-state index is 12.6. The van der Waals surface area contributed by atoms with Crippen LogP contribution in [-0.4, -0.2) is 22.8 Å². The van der Waals surface area contributed by atoms with Crippen LogP contribution in [-0.2, 0) is 4.79 Å². The van der Waals surface area contributed by atoms with Crippen molar-refractivity contribution in [3.63, 3.8) is 0 Å². The molecule has 0 radical (unpaired) electrons. The second kappa shape index (κ2) is 8.96. The van der Waals surface area contributed by atoms with Crippen molar-refractivity contribution in [3.05, 3.63) is 67.6 Å². The summed E-state index contributed by atoms with van der Waals surface area (Å²) in [4.78, 5) is 35.3. The Morgan fingerprint density at radius 2 is 1.78 bits per heavy atom. The van der Waals surface area contributed by atoms with Crippen LogP contribution in [0.15, 0.2) is 46.9 Å². The summed E-state index contributed by atoms with van der Waals surface area (Å²) in [5.74, 6) is -1.15. The fraction of sp³-hybridized carbons (Fsp3) is 0.222. The predicted molar refractivity (Wildman–Crippen MR) is 107 cm³/mol. The van der Waals surface area contributed by atoms with E-state index in [1.807, 2.05) is 0 Å². The van der Waals surface area contributed by atoms with Crippen molar-refractivity contribution < 1.29 is 14.5 Å². The molecule has 0 aliphatic heterocycles. The van der Waals surface area contributed by atoms with E-state index in [0.717, 1.165) is 10.5 Å². The number of non-ortho nitro benzene ring substituents is 1. The molecule has 0 saturated heterocycles. The van der Waals surface area contributed by atoms with Crippen LogP contribution < -0.4 is 10.6 Å². The van der Waals surface area contributed by atoms with Crippen molar-refractivity contribution in [1.29, 1.82) is 0 Å². The Morgan fingerprint density at radius 1 is 1.15 bits per heavy atom. The van der Waals surface area contributed by atoms with Crippen molar-refractivity contribution >= 4 is 50.7 Å². The van der Waals surface area contributed by atoms with Crippen LogP contribution in [0.25, 0.3) is 0 Å². The molecule has 0 aromatic heterocycles. The summed E-state index contributed by atoms with van der Waals surface area (Å²) in [6.07, 6.45) is 0. The Morgan fingerprint density at radius 3 is 2.30 bits per heavy atom. The Kier molecular flexibility index (Phi) is 6.92. The molecule has 1 atom stereocenters. The third-order valence-corrected chi connectivity index (χ3v) is 4.60. The minimum Gasteiger partial charge on any atom is -0.340 e. The Hall–Kier alpha value is -2.45. The lowest BCUT2D eigenvalue weighted by Crippen LogP contribution is -2.47. The zero-order valence-corrected chi connectivity index (χ0v) is 16.9. The number of nitrogens with one attached hydrogen (secondary N) is 2. The van der Waals surface area contributed by atoms with Crippen molar-refractivity contribution in [3.8, 4) is 0 Å². The van der Waals surface area contributed by atoms with Crippen LogP contribution >= 0.6 is 27.5 Å². The molecular formula is C18H17BrClN3O4. The quantitative estimate of drug-likeness (QED) is 0.499. The van der Waals surface area contributed by atoms with E-state index in [1.54, 1.807) is 38.1 Å². The normalized spacial score (nSPS) is 11.7. The first-order valence-electron chi connectivity index (χ1n) is 8.00. The number of carbonyl (C=O) groups excluding carboxylic acids is 2. The summed E-state index contributed by atoms with van der Waals surface area (Å²) < 4.78 is 0.877. The first-order valence-corrected chi connectivity index (χ1v) is 9.17. The van der Waals surface area contributed by atoms with Gasteiger partial charge in [-0.25, -0.2) is 0 Å². The van der Waals surface area contributed by atoms with Gasteiger partial charge in [0, 0.05) is 22.3 Å². The lowest BCUT2D eigenvalue weighted by Gasteiger charge is -2.22. The van der Waals surface area contributed by atoms with Gasteiger partial charge in [0.2, 0.25) is 5.91 Å². The standard InChI is InChI=1S/C18H17BrClN3O4/c1-10(2)16(18(25)21-12-5-3-11(19)4-6-12)22-17(24)14-8-7-13(23(26)27)9-15(14)20/h3-10,16H,1-2H3,(H,21,25)(H,22,24). The number of halogens is 2. The van der Waals surface area contributed by atoms with E-state index in [2.05, 4.69) is 26.6 Å². The highest BCUT2D eigenvalue weighted by atomic mass is 79.9. The maximum atomic E-state index is 12.6. The smallest absolute Gasteiger partial charge is 0.270 e. The zero-order valence-electron chi connectivity index (χ0n) is 14.5. The van der Waals surface area contributed by atoms with Gasteiger partial charge in [-0.15, -0.1) is 0 Å². The molecule has 2 N–H and O–H groups in total. The van der Waals surface area contributed by atoms with E-state index >= 15 is 0 Å². The highest BCUT2D eigenvalue weighted by Gasteiger charge is 2.26. The third-order valence-electron chi connectivity index (χ3n) is 3.76. The molecule has 0 fully saturated rings. The van der Waals surface area contributed by atoms with E-state index in [0.29, 0.717) is 5.69 Å². The van der Waals surface area contributed by atoms with Crippen molar-refractivity contribution in [1.82, 2.24) is 5.32 Å². The summed E-state index contributed by atoms with van der Waals surface area (Å²) in [5, 5.41) is 16.1. The summed E-state index contributed by atoms with van der Waals surface area (Å²) in [6.45, 7) is 3.59. The summed E-state index contributed by atoms with van der Waals surface area (Å²) in [7, 11) is 0. The number of nitro benzene ring substituents is 1. The van der Waals surface area contributed by atoms with Crippen LogP contribution in [0.4, 0.5) is 11.4 Å². The van der Waals surface area contributed by atoms with E-state index in [9.17, 15) is 19.7 Å². The number of nitrogens with zero attached hydrogens (tertiary/aromatic N) is 1. The summed E-state index contributed by atoms with van der Waals surface area (Å²) in [5.41, 5.74) is 0.436. The number of carbonyl (C=O) groups is 2. The molecule has 7 nitrogen and oxygen atoms in total. The Labute approximate surface area is 169 Å². The molecule has 2 aromatic carbocycles. The van der Waals surface area contributed by atoms with Crippen LogP contribution in [0.3, 0.4) is 0 Å². The molecular weight excluding hydrogens is 438 g/mol. The Bertz CT molecular complexity index is 871. The number of benzene rings is 2. The Balaban J connectivity index is 2.15. The fourth-order valence-corrected chi connectivity index (χ4v) is 2.83. The number of nitro groups is 1. The van der Waals surface area contributed by atoms with Crippen molar-refractivity contribution in [2.45, 2.75) is 19.9 Å². The van der Waals surface area contributed by atoms with Gasteiger partial charge in [0.15, 0.2) is 0 Å². The highest BCUT2D eigenvalue weighted by molar-refractivity contribution is 9.10. The molecule has 142 valence electrons. The SMILES string of the molecule is CC(C)C(NC(=O)c1ccc([N+](=O)[O-])cc1Cl)C(=O)Nc1ccc(Br)cc1. The second-order valence-corrected chi connectivity index (χ2v) is 7.44. The predicted octanol–water partition coefficient (Wildman–Crippen LogP) is 4.40. The zero-order chi connectivity index (χ0) is 20.1. The molecule has 2 rings (SSSR count). The van der Waals surface area contributed by atoms with E-state index < -0.39 is 16.9 Å². The van der Waals surface area contributed by atoms with E-state index in [4.69, 9.17) is 11.6 Å². The van der Waals surface area contributed by atoms with Gasteiger partial charge in [0.25, 0.3) is 11.6 Å². The van der Waals surface area contributed by atoms with Crippen molar-refractivity contribution in [2.75, 3.05) is 5.32 Å². The highest BCUT2D eigenvalue weighted by Crippen LogP contribution is 2.23. The third kappa shape index (κ3) is 5.51. The van der Waals surface area contributed by atoms with Gasteiger partial charge >= 0.3 is 0 Å². The van der Waals surface area contributed by atoms with Gasteiger partial charge in [0.1, 0.15) is 6.04 Å². The van der Waals surface area contributed by atoms with Gasteiger partial charge in [0.05, 0.1) is 15.5 Å². The first-order chi connectivity index (χ1) is 12.7. The molecule has 0 spiro atoms.